The standard InChI is InChI=1S/C23H41FO2/c1-3-16-5-7-18(8-6-16)19-10-12-20(13-11-19)23(26-25)21-14-9-17(4-2)22(24)15-21/h16-23,25H,3-15H2,1-2H3. The molecule has 2 nitrogen and oxygen atoms in total. The van der Waals surface area contributed by atoms with Gasteiger partial charge in [-0.15, -0.1) is 0 Å². The Morgan fingerprint density at radius 2 is 1.38 bits per heavy atom. The number of alkyl halides is 1. The summed E-state index contributed by atoms with van der Waals surface area (Å²) in [5.74, 6) is 3.65. The second-order valence-electron chi connectivity index (χ2n) is 9.69. The first-order chi connectivity index (χ1) is 12.7. The highest BCUT2D eigenvalue weighted by molar-refractivity contribution is 4.89. The van der Waals surface area contributed by atoms with E-state index in [0.29, 0.717) is 12.3 Å². The van der Waals surface area contributed by atoms with Crippen molar-refractivity contribution in [1.29, 1.82) is 0 Å². The zero-order chi connectivity index (χ0) is 18.5. The van der Waals surface area contributed by atoms with E-state index in [1.54, 1.807) is 0 Å². The fraction of sp³-hybridized carbons (Fsp3) is 1.00. The summed E-state index contributed by atoms with van der Waals surface area (Å²) < 4.78 is 14.4. The van der Waals surface area contributed by atoms with Crippen molar-refractivity contribution >= 4 is 0 Å². The highest BCUT2D eigenvalue weighted by Crippen LogP contribution is 2.45. The van der Waals surface area contributed by atoms with E-state index >= 15 is 0 Å². The maximum Gasteiger partial charge on any atom is 0.103 e. The first-order valence-electron chi connectivity index (χ1n) is 11.6. The van der Waals surface area contributed by atoms with E-state index in [4.69, 9.17) is 4.89 Å². The van der Waals surface area contributed by atoms with E-state index in [1.165, 1.54) is 44.9 Å². The van der Waals surface area contributed by atoms with Crippen LogP contribution in [0.15, 0.2) is 0 Å². The fourth-order valence-corrected chi connectivity index (χ4v) is 6.54. The van der Waals surface area contributed by atoms with Gasteiger partial charge < -0.3 is 0 Å². The van der Waals surface area contributed by atoms with Gasteiger partial charge in [0.05, 0.1) is 6.10 Å². The largest absolute Gasteiger partial charge is 0.252 e. The van der Waals surface area contributed by atoms with Gasteiger partial charge in [0.15, 0.2) is 0 Å². The normalized spacial score (nSPS) is 43.2. The van der Waals surface area contributed by atoms with E-state index in [9.17, 15) is 9.65 Å². The van der Waals surface area contributed by atoms with Gasteiger partial charge in [-0.3, -0.25) is 5.26 Å². The quantitative estimate of drug-likeness (QED) is 0.403. The summed E-state index contributed by atoms with van der Waals surface area (Å²) in [6.45, 7) is 4.42. The summed E-state index contributed by atoms with van der Waals surface area (Å²) >= 11 is 0. The van der Waals surface area contributed by atoms with E-state index in [2.05, 4.69) is 13.8 Å². The van der Waals surface area contributed by atoms with Crippen molar-refractivity contribution in [1.82, 2.24) is 0 Å². The molecule has 1 N–H and O–H groups in total. The zero-order valence-electron chi connectivity index (χ0n) is 17.0. The van der Waals surface area contributed by atoms with Crippen LogP contribution in [0.3, 0.4) is 0 Å². The highest BCUT2D eigenvalue weighted by Gasteiger charge is 2.40. The second kappa shape index (κ2) is 9.87. The van der Waals surface area contributed by atoms with Gasteiger partial charge in [0.25, 0.3) is 0 Å². The average molecular weight is 369 g/mol. The third-order valence-electron chi connectivity index (χ3n) is 8.47. The molecule has 0 saturated heterocycles. The predicted molar refractivity (Wildman–Crippen MR) is 105 cm³/mol. The molecule has 0 heterocycles. The minimum absolute atomic E-state index is 0.136. The molecule has 0 aromatic rings. The van der Waals surface area contributed by atoms with Crippen molar-refractivity contribution in [2.45, 2.75) is 110 Å². The molecular formula is C23H41FO2. The summed E-state index contributed by atoms with van der Waals surface area (Å²) in [5.41, 5.74) is 0. The second-order valence-corrected chi connectivity index (χ2v) is 9.69. The van der Waals surface area contributed by atoms with Crippen molar-refractivity contribution in [3.63, 3.8) is 0 Å². The Hall–Kier alpha value is -0.150. The SMILES string of the molecule is CCC1CCC(C2CCC(C(OO)C3CCC(CC)C(F)C3)CC2)CC1. The van der Waals surface area contributed by atoms with Crippen molar-refractivity contribution in [2.24, 2.45) is 35.5 Å². The van der Waals surface area contributed by atoms with Gasteiger partial charge in [0.1, 0.15) is 6.17 Å². The van der Waals surface area contributed by atoms with Gasteiger partial charge in [-0.2, -0.15) is 0 Å². The van der Waals surface area contributed by atoms with Crippen LogP contribution in [0.2, 0.25) is 0 Å². The molecule has 0 aromatic carbocycles. The van der Waals surface area contributed by atoms with Crippen LogP contribution in [0, 0.1) is 35.5 Å². The molecule has 3 aliphatic carbocycles. The van der Waals surface area contributed by atoms with Crippen LogP contribution in [-0.4, -0.2) is 17.5 Å². The lowest BCUT2D eigenvalue weighted by Gasteiger charge is -2.42. The van der Waals surface area contributed by atoms with Crippen LogP contribution < -0.4 is 0 Å². The highest BCUT2D eigenvalue weighted by atomic mass is 19.1. The lowest BCUT2D eigenvalue weighted by atomic mass is 9.66. The molecule has 3 aliphatic rings. The summed E-state index contributed by atoms with van der Waals surface area (Å²) in [6, 6.07) is 0. The number of hydrogen-bond acceptors (Lipinski definition) is 2. The molecule has 0 spiro atoms. The molecule has 0 aromatic heterocycles. The Balaban J connectivity index is 1.47. The third kappa shape index (κ3) is 4.82. The molecule has 0 bridgehead atoms. The molecule has 3 saturated carbocycles. The predicted octanol–water partition coefficient (Wildman–Crippen LogP) is 7.03. The van der Waals surface area contributed by atoms with E-state index in [1.807, 2.05) is 0 Å². The number of hydrogen-bond donors (Lipinski definition) is 1. The molecule has 3 rings (SSSR count). The van der Waals surface area contributed by atoms with Gasteiger partial charge in [-0.1, -0.05) is 39.5 Å². The third-order valence-corrected chi connectivity index (χ3v) is 8.47. The molecule has 3 fully saturated rings. The van der Waals surface area contributed by atoms with Crippen LogP contribution >= 0.6 is 0 Å². The number of halogens is 1. The van der Waals surface area contributed by atoms with Crippen molar-refractivity contribution in [3.05, 3.63) is 0 Å². The van der Waals surface area contributed by atoms with Gasteiger partial charge in [-0.25, -0.2) is 9.28 Å². The molecular weight excluding hydrogens is 327 g/mol. The molecule has 3 heteroatoms. The van der Waals surface area contributed by atoms with Crippen LogP contribution in [0.25, 0.3) is 0 Å². The first kappa shape index (κ1) is 20.6. The maximum absolute atomic E-state index is 14.4. The molecule has 4 atom stereocenters. The molecule has 0 amide bonds. The lowest BCUT2D eigenvalue weighted by Crippen LogP contribution is -2.39. The summed E-state index contributed by atoms with van der Waals surface area (Å²) in [4.78, 5) is 4.99. The fourth-order valence-electron chi connectivity index (χ4n) is 6.54. The molecule has 4 unspecified atom stereocenters. The maximum atomic E-state index is 14.4. The van der Waals surface area contributed by atoms with E-state index in [-0.39, 0.29) is 17.9 Å². The van der Waals surface area contributed by atoms with Crippen LogP contribution in [-0.2, 0) is 4.89 Å². The van der Waals surface area contributed by atoms with E-state index in [0.717, 1.165) is 49.9 Å². The monoisotopic (exact) mass is 368 g/mol. The van der Waals surface area contributed by atoms with Crippen molar-refractivity contribution in [3.8, 4) is 0 Å². The summed E-state index contributed by atoms with van der Waals surface area (Å²) in [6.07, 6.45) is 14.6. The summed E-state index contributed by atoms with van der Waals surface area (Å²) in [7, 11) is 0. The van der Waals surface area contributed by atoms with Crippen LogP contribution in [0.5, 0.6) is 0 Å². The first-order valence-corrected chi connectivity index (χ1v) is 11.6. The van der Waals surface area contributed by atoms with Crippen LogP contribution in [0.1, 0.15) is 97.3 Å². The Bertz CT molecular complexity index is 399. The van der Waals surface area contributed by atoms with Gasteiger partial charge in [0, 0.05) is 0 Å². The minimum atomic E-state index is -0.707. The Kier molecular flexibility index (Phi) is 7.81. The molecule has 0 radical (unpaired) electrons. The average Bonchev–Trinajstić information content (AvgIpc) is 2.69. The lowest BCUT2D eigenvalue weighted by molar-refractivity contribution is -0.308. The number of rotatable bonds is 6. The smallest absolute Gasteiger partial charge is 0.103 e. The van der Waals surface area contributed by atoms with Crippen LogP contribution in [0.4, 0.5) is 4.39 Å². The molecule has 0 aliphatic heterocycles. The molecule has 152 valence electrons. The van der Waals surface area contributed by atoms with Crippen molar-refractivity contribution in [2.75, 3.05) is 0 Å². The Morgan fingerprint density at radius 1 is 0.808 bits per heavy atom. The van der Waals surface area contributed by atoms with Gasteiger partial charge in [-0.05, 0) is 93.3 Å². The van der Waals surface area contributed by atoms with Crippen molar-refractivity contribution < 1.29 is 14.5 Å². The topological polar surface area (TPSA) is 29.5 Å². The molecule has 26 heavy (non-hydrogen) atoms. The van der Waals surface area contributed by atoms with Gasteiger partial charge >= 0.3 is 0 Å². The van der Waals surface area contributed by atoms with Gasteiger partial charge in [0.2, 0.25) is 0 Å². The minimum Gasteiger partial charge on any atom is -0.252 e. The van der Waals surface area contributed by atoms with E-state index < -0.39 is 6.17 Å². The Morgan fingerprint density at radius 3 is 1.88 bits per heavy atom. The zero-order valence-corrected chi connectivity index (χ0v) is 17.0. The Labute approximate surface area is 160 Å². The summed E-state index contributed by atoms with van der Waals surface area (Å²) in [5, 5.41) is 9.59.